The van der Waals surface area contributed by atoms with Crippen LogP contribution in [0.5, 0.6) is 0 Å². The van der Waals surface area contributed by atoms with Crippen LogP contribution in [-0.4, -0.2) is 22.1 Å². The van der Waals surface area contributed by atoms with Gasteiger partial charge in [-0.15, -0.1) is 10.2 Å². The standard InChI is InChI=1S/C12H17N3O3S/c1-2-9-14-15-12(19-9)13-10(16)7-5-3-4-6-8(7)11(17)18/h7-8H,2-6H2,1H3,(H,17,18)(H,13,15,16)/p-1/t7-,8-/m0/s1. The first kappa shape index (κ1) is 13.9. The fraction of sp³-hybridized carbons (Fsp3) is 0.667. The highest BCUT2D eigenvalue weighted by molar-refractivity contribution is 7.15. The molecule has 104 valence electrons. The number of amides is 1. The number of aliphatic carboxylic acids is 1. The number of hydrogen-bond acceptors (Lipinski definition) is 6. The Bertz CT molecular complexity index is 475. The van der Waals surface area contributed by atoms with E-state index in [1.54, 1.807) is 0 Å². The van der Waals surface area contributed by atoms with Gasteiger partial charge >= 0.3 is 0 Å². The smallest absolute Gasteiger partial charge is 0.229 e. The summed E-state index contributed by atoms with van der Waals surface area (Å²) >= 11 is 1.32. The van der Waals surface area contributed by atoms with E-state index < -0.39 is 17.8 Å². The van der Waals surface area contributed by atoms with Crippen LogP contribution in [-0.2, 0) is 16.0 Å². The number of nitrogens with one attached hydrogen (secondary N) is 1. The summed E-state index contributed by atoms with van der Waals surface area (Å²) in [6, 6.07) is 0. The van der Waals surface area contributed by atoms with Gasteiger partial charge in [0.2, 0.25) is 11.0 Å². The number of carboxylic acid groups (broad SMARTS) is 1. The maximum Gasteiger partial charge on any atom is 0.229 e. The predicted octanol–water partition coefficient (Wildman–Crippen LogP) is 0.595. The summed E-state index contributed by atoms with van der Waals surface area (Å²) in [6.07, 6.45) is 3.57. The van der Waals surface area contributed by atoms with E-state index in [1.807, 2.05) is 6.92 Å². The van der Waals surface area contributed by atoms with E-state index in [1.165, 1.54) is 11.3 Å². The number of rotatable bonds is 4. The Morgan fingerprint density at radius 3 is 2.58 bits per heavy atom. The molecule has 0 saturated heterocycles. The molecule has 1 aliphatic carbocycles. The van der Waals surface area contributed by atoms with Crippen LogP contribution in [0, 0.1) is 11.8 Å². The number of carbonyl (C=O) groups excluding carboxylic acids is 2. The van der Waals surface area contributed by atoms with Crippen molar-refractivity contribution in [2.24, 2.45) is 11.8 Å². The molecule has 2 atom stereocenters. The Balaban J connectivity index is 2.03. The zero-order valence-electron chi connectivity index (χ0n) is 10.7. The number of anilines is 1. The van der Waals surface area contributed by atoms with Crippen LogP contribution < -0.4 is 10.4 Å². The van der Waals surface area contributed by atoms with Crippen molar-refractivity contribution in [3.05, 3.63) is 5.01 Å². The fourth-order valence-electron chi connectivity index (χ4n) is 2.37. The maximum absolute atomic E-state index is 12.1. The van der Waals surface area contributed by atoms with Gasteiger partial charge in [0.05, 0.1) is 0 Å². The zero-order valence-corrected chi connectivity index (χ0v) is 11.5. The summed E-state index contributed by atoms with van der Waals surface area (Å²) in [4.78, 5) is 23.2. The maximum atomic E-state index is 12.1. The molecule has 0 aromatic carbocycles. The van der Waals surface area contributed by atoms with Crippen LogP contribution in [0.1, 0.15) is 37.6 Å². The molecule has 1 aliphatic rings. The summed E-state index contributed by atoms with van der Waals surface area (Å²) < 4.78 is 0. The van der Waals surface area contributed by atoms with Gasteiger partial charge < -0.3 is 15.2 Å². The van der Waals surface area contributed by atoms with Crippen LogP contribution >= 0.6 is 11.3 Å². The lowest BCUT2D eigenvalue weighted by Crippen LogP contribution is -2.42. The molecule has 1 aromatic rings. The largest absolute Gasteiger partial charge is 0.550 e. The minimum Gasteiger partial charge on any atom is -0.550 e. The van der Waals surface area contributed by atoms with E-state index in [-0.39, 0.29) is 5.91 Å². The minimum absolute atomic E-state index is 0.285. The van der Waals surface area contributed by atoms with Crippen molar-refractivity contribution in [1.29, 1.82) is 0 Å². The van der Waals surface area contributed by atoms with Gasteiger partial charge in [-0.2, -0.15) is 0 Å². The summed E-state index contributed by atoms with van der Waals surface area (Å²) in [7, 11) is 0. The van der Waals surface area contributed by atoms with E-state index in [9.17, 15) is 14.7 Å². The van der Waals surface area contributed by atoms with Crippen molar-refractivity contribution < 1.29 is 14.7 Å². The molecule has 1 amide bonds. The van der Waals surface area contributed by atoms with Crippen LogP contribution in [0.4, 0.5) is 5.13 Å². The highest BCUT2D eigenvalue weighted by Crippen LogP contribution is 2.31. The molecule has 2 rings (SSSR count). The number of carbonyl (C=O) groups is 2. The first-order valence-electron chi connectivity index (χ1n) is 6.46. The van der Waals surface area contributed by atoms with Crippen LogP contribution in [0.2, 0.25) is 0 Å². The first-order valence-corrected chi connectivity index (χ1v) is 7.27. The number of nitrogens with zero attached hydrogens (tertiary/aromatic N) is 2. The number of hydrogen-bond donors (Lipinski definition) is 1. The molecular weight excluding hydrogens is 266 g/mol. The Morgan fingerprint density at radius 1 is 1.32 bits per heavy atom. The Kier molecular flexibility index (Phi) is 4.47. The van der Waals surface area contributed by atoms with Crippen molar-refractivity contribution >= 4 is 28.3 Å². The van der Waals surface area contributed by atoms with Crippen molar-refractivity contribution in [1.82, 2.24) is 10.2 Å². The second-order valence-corrected chi connectivity index (χ2v) is 5.72. The van der Waals surface area contributed by atoms with E-state index >= 15 is 0 Å². The average Bonchev–Trinajstić information content (AvgIpc) is 2.86. The normalized spacial score (nSPS) is 23.0. The molecule has 1 saturated carbocycles. The average molecular weight is 282 g/mol. The third-order valence-electron chi connectivity index (χ3n) is 3.40. The first-order chi connectivity index (χ1) is 9.11. The molecule has 1 heterocycles. The second kappa shape index (κ2) is 6.10. The summed E-state index contributed by atoms with van der Waals surface area (Å²) in [6.45, 7) is 1.96. The third kappa shape index (κ3) is 3.28. The van der Waals surface area contributed by atoms with Gasteiger partial charge in [0.15, 0.2) is 0 Å². The van der Waals surface area contributed by atoms with E-state index in [2.05, 4.69) is 15.5 Å². The molecule has 7 heteroatoms. The van der Waals surface area contributed by atoms with Gasteiger partial charge in [0.1, 0.15) is 5.01 Å². The van der Waals surface area contributed by atoms with Crippen LogP contribution in [0.15, 0.2) is 0 Å². The summed E-state index contributed by atoms with van der Waals surface area (Å²) in [5.41, 5.74) is 0. The summed E-state index contributed by atoms with van der Waals surface area (Å²) in [5.74, 6) is -2.63. The molecule has 0 radical (unpaired) electrons. The lowest BCUT2D eigenvalue weighted by molar-refractivity contribution is -0.313. The molecular formula is C12H16N3O3S-. The molecule has 6 nitrogen and oxygen atoms in total. The predicted molar refractivity (Wildman–Crippen MR) is 68.4 cm³/mol. The molecule has 0 aliphatic heterocycles. The van der Waals surface area contributed by atoms with Gasteiger partial charge in [-0.1, -0.05) is 31.1 Å². The minimum atomic E-state index is -1.13. The Hall–Kier alpha value is -1.50. The van der Waals surface area contributed by atoms with E-state index in [4.69, 9.17) is 0 Å². The van der Waals surface area contributed by atoms with Crippen molar-refractivity contribution in [3.63, 3.8) is 0 Å². The summed E-state index contributed by atoms with van der Waals surface area (Å²) in [5, 5.41) is 22.8. The lowest BCUT2D eigenvalue weighted by Gasteiger charge is -2.30. The molecule has 1 N–H and O–H groups in total. The van der Waals surface area contributed by atoms with Crippen LogP contribution in [0.25, 0.3) is 0 Å². The van der Waals surface area contributed by atoms with Gasteiger partial charge in [0, 0.05) is 17.8 Å². The number of aryl methyl sites for hydroxylation is 1. The second-order valence-electron chi connectivity index (χ2n) is 4.66. The van der Waals surface area contributed by atoms with E-state index in [0.717, 1.165) is 24.3 Å². The molecule has 19 heavy (non-hydrogen) atoms. The molecule has 0 unspecified atom stereocenters. The fourth-order valence-corrected chi connectivity index (χ4v) is 3.05. The number of aromatic nitrogens is 2. The van der Waals surface area contributed by atoms with Crippen molar-refractivity contribution in [3.8, 4) is 0 Å². The van der Waals surface area contributed by atoms with E-state index in [0.29, 0.717) is 18.0 Å². The van der Waals surface area contributed by atoms with Gasteiger partial charge in [0.25, 0.3) is 0 Å². The highest BCUT2D eigenvalue weighted by atomic mass is 32.1. The topological polar surface area (TPSA) is 95.0 Å². The number of carboxylic acids is 1. The highest BCUT2D eigenvalue weighted by Gasteiger charge is 2.32. The van der Waals surface area contributed by atoms with Gasteiger partial charge in [-0.3, -0.25) is 4.79 Å². The molecule has 0 spiro atoms. The molecule has 0 bridgehead atoms. The lowest BCUT2D eigenvalue weighted by atomic mass is 9.79. The third-order valence-corrected chi connectivity index (χ3v) is 4.39. The van der Waals surface area contributed by atoms with Crippen molar-refractivity contribution in [2.45, 2.75) is 39.0 Å². The quantitative estimate of drug-likeness (QED) is 0.872. The van der Waals surface area contributed by atoms with Gasteiger partial charge in [-0.05, 0) is 19.3 Å². The monoisotopic (exact) mass is 282 g/mol. The molecule has 1 aromatic heterocycles. The Labute approximate surface area is 115 Å². The van der Waals surface area contributed by atoms with Gasteiger partial charge in [-0.25, -0.2) is 0 Å². The molecule has 1 fully saturated rings. The van der Waals surface area contributed by atoms with Crippen LogP contribution in [0.3, 0.4) is 0 Å². The zero-order chi connectivity index (χ0) is 13.8. The van der Waals surface area contributed by atoms with Crippen molar-refractivity contribution in [2.75, 3.05) is 5.32 Å². The SMILES string of the molecule is CCc1nnc(NC(=O)[C@H]2CCCC[C@@H]2C(=O)[O-])s1. The Morgan fingerprint density at radius 2 is 2.00 bits per heavy atom.